The first-order valence-electron chi connectivity index (χ1n) is 15.5. The van der Waals surface area contributed by atoms with E-state index in [1.807, 2.05) is 30.3 Å². The first kappa shape index (κ1) is 35.8. The van der Waals surface area contributed by atoms with Gasteiger partial charge in [-0.15, -0.1) is 0 Å². The van der Waals surface area contributed by atoms with E-state index in [2.05, 4.69) is 47.6 Å². The van der Waals surface area contributed by atoms with Crippen molar-refractivity contribution in [3.8, 4) is 0 Å². The summed E-state index contributed by atoms with van der Waals surface area (Å²) in [5.74, 6) is -1.14. The summed E-state index contributed by atoms with van der Waals surface area (Å²) in [6.45, 7) is 9.11. The standard InChI is InChI=1S/C33H35F6N3O.C2H5NO/c1-22-7-6-8-23(2)30(22)41-15-13-40(14-16-41)28-11-12-42(29(21-28)17-24-9-4-3-5-10-24)31(43)25-18-26(32(34,35)36)20-27(19-25)33(37,38)39;1-2(3)4/h3-10,18-20,28-29H,11-17,21H2,1-2H3;1H3,(H2,3,4)/t28-,29+;/m0./s1. The van der Waals surface area contributed by atoms with Gasteiger partial charge in [-0.3, -0.25) is 14.5 Å². The molecule has 2 heterocycles. The monoisotopic (exact) mass is 662 g/mol. The van der Waals surface area contributed by atoms with Crippen LogP contribution in [0.3, 0.4) is 0 Å². The van der Waals surface area contributed by atoms with E-state index in [0.29, 0.717) is 31.4 Å². The highest BCUT2D eigenvalue weighted by atomic mass is 19.4. The minimum Gasteiger partial charge on any atom is -0.370 e. The average molecular weight is 663 g/mol. The van der Waals surface area contributed by atoms with E-state index in [0.717, 1.165) is 31.7 Å². The van der Waals surface area contributed by atoms with E-state index in [1.54, 1.807) is 0 Å². The van der Waals surface area contributed by atoms with E-state index >= 15 is 0 Å². The van der Waals surface area contributed by atoms with Gasteiger partial charge in [-0.05, 0) is 68.0 Å². The smallest absolute Gasteiger partial charge is 0.370 e. The van der Waals surface area contributed by atoms with Crippen molar-refractivity contribution in [3.05, 3.63) is 100 Å². The highest BCUT2D eigenvalue weighted by molar-refractivity contribution is 5.95. The SMILES string of the molecule is CC(N)=O.Cc1cccc(C)c1N1CCN([C@H]2CCN(C(=O)c3cc(C(F)(F)F)cc(C(F)(F)F)c3)[C@H](Cc3ccccc3)C2)CC1. The molecular weight excluding hydrogens is 622 g/mol. The summed E-state index contributed by atoms with van der Waals surface area (Å²) in [6, 6.07) is 16.6. The van der Waals surface area contributed by atoms with Gasteiger partial charge in [-0.2, -0.15) is 26.3 Å². The number of likely N-dealkylation sites (tertiary alicyclic amines) is 1. The molecule has 0 aromatic heterocycles. The van der Waals surface area contributed by atoms with Crippen LogP contribution in [0.4, 0.5) is 32.0 Å². The number of piperazine rings is 1. The molecule has 2 fully saturated rings. The maximum atomic E-state index is 13.7. The molecule has 2 amide bonds. The van der Waals surface area contributed by atoms with Crippen molar-refractivity contribution in [2.75, 3.05) is 37.6 Å². The number of rotatable bonds is 5. The Morgan fingerprint density at radius 3 is 1.83 bits per heavy atom. The summed E-state index contributed by atoms with van der Waals surface area (Å²) in [7, 11) is 0. The Balaban J connectivity index is 0.00000118. The van der Waals surface area contributed by atoms with Crippen molar-refractivity contribution >= 4 is 17.5 Å². The van der Waals surface area contributed by atoms with Gasteiger partial charge in [0.2, 0.25) is 5.91 Å². The Hall–Kier alpha value is -4.06. The summed E-state index contributed by atoms with van der Waals surface area (Å²) in [5.41, 5.74) is 5.57. The second-order valence-corrected chi connectivity index (χ2v) is 12.2. The van der Waals surface area contributed by atoms with Crippen LogP contribution >= 0.6 is 0 Å². The van der Waals surface area contributed by atoms with Crippen molar-refractivity contribution in [1.82, 2.24) is 9.80 Å². The number of benzene rings is 3. The van der Waals surface area contributed by atoms with E-state index in [4.69, 9.17) is 0 Å². The molecule has 2 atom stereocenters. The fraction of sp³-hybridized carbons (Fsp3) is 0.429. The molecule has 0 unspecified atom stereocenters. The number of amides is 2. The molecule has 0 spiro atoms. The van der Waals surface area contributed by atoms with Crippen LogP contribution in [0.15, 0.2) is 66.7 Å². The molecule has 0 radical (unpaired) electrons. The molecule has 0 aliphatic carbocycles. The lowest BCUT2D eigenvalue weighted by Gasteiger charge is -2.47. The largest absolute Gasteiger partial charge is 0.416 e. The number of piperidine rings is 1. The highest BCUT2D eigenvalue weighted by Crippen LogP contribution is 2.37. The first-order chi connectivity index (χ1) is 22.0. The third-order valence-electron chi connectivity index (χ3n) is 8.68. The molecular formula is C35H40F6N4O2. The van der Waals surface area contributed by atoms with E-state index in [9.17, 15) is 35.9 Å². The number of aryl methyl sites for hydroxylation is 2. The number of hydrogen-bond acceptors (Lipinski definition) is 4. The summed E-state index contributed by atoms with van der Waals surface area (Å²) in [4.78, 5) is 29.2. The number of halogens is 6. The number of hydrogen-bond donors (Lipinski definition) is 1. The summed E-state index contributed by atoms with van der Waals surface area (Å²) in [5, 5.41) is 0. The Morgan fingerprint density at radius 2 is 1.32 bits per heavy atom. The van der Waals surface area contributed by atoms with Gasteiger partial charge >= 0.3 is 12.4 Å². The van der Waals surface area contributed by atoms with Crippen LogP contribution in [-0.4, -0.2) is 66.4 Å². The van der Waals surface area contributed by atoms with Crippen molar-refractivity contribution in [2.45, 2.75) is 64.5 Å². The molecule has 2 N–H and O–H groups in total. The van der Waals surface area contributed by atoms with Gasteiger partial charge in [0, 0.05) is 63.0 Å². The fourth-order valence-corrected chi connectivity index (χ4v) is 6.57. The van der Waals surface area contributed by atoms with Crippen molar-refractivity contribution in [1.29, 1.82) is 0 Å². The average Bonchev–Trinajstić information content (AvgIpc) is 3.00. The van der Waals surface area contributed by atoms with Crippen molar-refractivity contribution < 1.29 is 35.9 Å². The quantitative estimate of drug-likeness (QED) is 0.303. The lowest BCUT2D eigenvalue weighted by molar-refractivity contribution is -0.143. The van der Waals surface area contributed by atoms with Crippen LogP contribution in [0.2, 0.25) is 0 Å². The predicted octanol–water partition coefficient (Wildman–Crippen LogP) is 6.87. The third-order valence-corrected chi connectivity index (χ3v) is 8.68. The molecule has 47 heavy (non-hydrogen) atoms. The predicted molar refractivity (Wildman–Crippen MR) is 169 cm³/mol. The van der Waals surface area contributed by atoms with Gasteiger partial charge in [-0.25, -0.2) is 0 Å². The Labute approximate surface area is 271 Å². The number of para-hydroxylation sites is 1. The normalized spacial score (nSPS) is 19.2. The summed E-state index contributed by atoms with van der Waals surface area (Å²) in [6.07, 6.45) is -8.42. The van der Waals surface area contributed by atoms with Crippen LogP contribution in [0.25, 0.3) is 0 Å². The molecule has 254 valence electrons. The minimum atomic E-state index is -5.02. The van der Waals surface area contributed by atoms with Crippen LogP contribution in [-0.2, 0) is 23.6 Å². The number of nitrogens with zero attached hydrogens (tertiary/aromatic N) is 3. The zero-order valence-electron chi connectivity index (χ0n) is 26.7. The maximum absolute atomic E-state index is 13.7. The van der Waals surface area contributed by atoms with Crippen molar-refractivity contribution in [3.63, 3.8) is 0 Å². The summed E-state index contributed by atoms with van der Waals surface area (Å²) >= 11 is 0. The maximum Gasteiger partial charge on any atom is 0.416 e. The zero-order valence-corrected chi connectivity index (χ0v) is 26.7. The third kappa shape index (κ3) is 9.27. The molecule has 2 aliphatic heterocycles. The van der Waals surface area contributed by atoms with Crippen LogP contribution < -0.4 is 10.6 Å². The minimum absolute atomic E-state index is 0.0581. The van der Waals surface area contributed by atoms with Crippen LogP contribution in [0.1, 0.15) is 57.9 Å². The van der Waals surface area contributed by atoms with Crippen molar-refractivity contribution in [2.24, 2.45) is 5.73 Å². The molecule has 2 aliphatic rings. The molecule has 3 aromatic carbocycles. The number of carbonyl (C=O) groups excluding carboxylic acids is 2. The van der Waals surface area contributed by atoms with Gasteiger partial charge in [0.25, 0.3) is 5.91 Å². The number of primary amides is 1. The second-order valence-electron chi connectivity index (χ2n) is 12.2. The number of nitrogens with two attached hydrogens (primary N) is 1. The molecule has 2 saturated heterocycles. The molecule has 3 aromatic rings. The lowest BCUT2D eigenvalue weighted by atomic mass is 9.90. The van der Waals surface area contributed by atoms with E-state index < -0.39 is 35.0 Å². The molecule has 5 rings (SSSR count). The number of anilines is 1. The molecule has 0 bridgehead atoms. The van der Waals surface area contributed by atoms with Crippen LogP contribution in [0, 0.1) is 13.8 Å². The summed E-state index contributed by atoms with van der Waals surface area (Å²) < 4.78 is 81.3. The van der Waals surface area contributed by atoms with Gasteiger partial charge in [0.1, 0.15) is 0 Å². The fourth-order valence-electron chi connectivity index (χ4n) is 6.57. The Kier molecular flexibility index (Phi) is 11.3. The first-order valence-corrected chi connectivity index (χ1v) is 15.5. The molecule has 0 saturated carbocycles. The molecule has 6 nitrogen and oxygen atoms in total. The van der Waals surface area contributed by atoms with Gasteiger partial charge < -0.3 is 15.5 Å². The van der Waals surface area contributed by atoms with E-state index in [-0.39, 0.29) is 30.6 Å². The number of carbonyl (C=O) groups is 2. The van der Waals surface area contributed by atoms with Gasteiger partial charge in [-0.1, -0.05) is 48.5 Å². The lowest BCUT2D eigenvalue weighted by Crippen LogP contribution is -2.57. The second kappa shape index (κ2) is 14.8. The van der Waals surface area contributed by atoms with Gasteiger partial charge in [0.15, 0.2) is 0 Å². The molecule has 12 heteroatoms. The van der Waals surface area contributed by atoms with Gasteiger partial charge in [0.05, 0.1) is 11.1 Å². The highest BCUT2D eigenvalue weighted by Gasteiger charge is 2.40. The Bertz CT molecular complexity index is 1480. The zero-order chi connectivity index (χ0) is 34.5. The van der Waals surface area contributed by atoms with E-state index in [1.165, 1.54) is 28.6 Å². The van der Waals surface area contributed by atoms with Crippen LogP contribution in [0.5, 0.6) is 0 Å². The number of alkyl halides is 6. The Morgan fingerprint density at radius 1 is 0.787 bits per heavy atom. The topological polar surface area (TPSA) is 69.9 Å².